The topological polar surface area (TPSA) is 56.5 Å². The van der Waals surface area contributed by atoms with E-state index in [1.165, 1.54) is 13.2 Å². The molecular weight excluding hydrogens is 268 g/mol. The lowest BCUT2D eigenvalue weighted by molar-refractivity contribution is 0.0735. The predicted octanol–water partition coefficient (Wildman–Crippen LogP) is 3.85. The van der Waals surface area contributed by atoms with Gasteiger partial charge in [0.25, 0.3) is 0 Å². The van der Waals surface area contributed by atoms with Gasteiger partial charge in [0, 0.05) is 0 Å². The van der Waals surface area contributed by atoms with Gasteiger partial charge in [0.2, 0.25) is 0 Å². The van der Waals surface area contributed by atoms with Gasteiger partial charge in [-0.05, 0) is 37.3 Å². The van der Waals surface area contributed by atoms with Crippen molar-refractivity contribution >= 4 is 22.7 Å². The number of rotatable bonds is 3. The molecule has 4 heteroatoms. The lowest BCUT2D eigenvalue weighted by Crippen LogP contribution is -2.11. The average Bonchev–Trinajstić information content (AvgIpc) is 2.97. The van der Waals surface area contributed by atoms with E-state index in [0.717, 1.165) is 0 Å². The maximum Gasteiger partial charge on any atom is 0.343 e. The van der Waals surface area contributed by atoms with Crippen LogP contribution in [0.3, 0.4) is 0 Å². The fraction of sp³-hybridized carbons (Fsp3) is 0.0588. The van der Waals surface area contributed by atoms with Crippen LogP contribution in [-0.2, 0) is 0 Å². The van der Waals surface area contributed by atoms with Crippen molar-refractivity contribution in [2.75, 3.05) is 0 Å². The van der Waals surface area contributed by atoms with Crippen LogP contribution in [0.1, 0.15) is 27.6 Å². The maximum absolute atomic E-state index is 12.2. The Labute approximate surface area is 120 Å². The standard InChI is InChI=1S/C17H12O4/c1-11(18)13-7-8-15-14(9-10-20-15)16(13)21-17(19)12-5-3-2-4-6-12/h2-10H,1H3. The second-order valence-electron chi connectivity index (χ2n) is 4.59. The van der Waals surface area contributed by atoms with Crippen LogP contribution in [0.4, 0.5) is 0 Å². The van der Waals surface area contributed by atoms with E-state index in [2.05, 4.69) is 0 Å². The predicted molar refractivity (Wildman–Crippen MR) is 77.6 cm³/mol. The molecule has 0 aliphatic heterocycles. The summed E-state index contributed by atoms with van der Waals surface area (Å²) >= 11 is 0. The van der Waals surface area contributed by atoms with Gasteiger partial charge in [-0.25, -0.2) is 4.79 Å². The molecule has 0 fully saturated rings. The minimum atomic E-state index is -0.508. The minimum Gasteiger partial charge on any atom is -0.464 e. The number of esters is 1. The van der Waals surface area contributed by atoms with Gasteiger partial charge in [0.15, 0.2) is 11.5 Å². The average molecular weight is 280 g/mol. The number of ether oxygens (including phenoxy) is 1. The summed E-state index contributed by atoms with van der Waals surface area (Å²) < 4.78 is 10.7. The Kier molecular flexibility index (Phi) is 3.28. The van der Waals surface area contributed by atoms with Crippen LogP contribution in [0.15, 0.2) is 59.2 Å². The van der Waals surface area contributed by atoms with Crippen LogP contribution in [0.2, 0.25) is 0 Å². The quantitative estimate of drug-likeness (QED) is 0.415. The fourth-order valence-corrected chi connectivity index (χ4v) is 2.13. The van der Waals surface area contributed by atoms with Crippen LogP contribution < -0.4 is 4.74 Å². The van der Waals surface area contributed by atoms with Gasteiger partial charge in [-0.3, -0.25) is 4.79 Å². The third-order valence-corrected chi connectivity index (χ3v) is 3.17. The van der Waals surface area contributed by atoms with E-state index in [9.17, 15) is 9.59 Å². The number of ketones is 1. The lowest BCUT2D eigenvalue weighted by atomic mass is 10.1. The van der Waals surface area contributed by atoms with Crippen LogP contribution in [0.5, 0.6) is 5.75 Å². The summed E-state index contributed by atoms with van der Waals surface area (Å²) in [5.74, 6) is -0.441. The van der Waals surface area contributed by atoms with Crippen molar-refractivity contribution in [1.82, 2.24) is 0 Å². The second kappa shape index (κ2) is 5.25. The number of Topliss-reactive ketones (excluding diaryl/α,β-unsaturated/α-hetero) is 1. The molecule has 0 saturated heterocycles. The van der Waals surface area contributed by atoms with E-state index in [0.29, 0.717) is 22.1 Å². The van der Waals surface area contributed by atoms with Crippen LogP contribution in [0, 0.1) is 0 Å². The maximum atomic E-state index is 12.2. The highest BCUT2D eigenvalue weighted by Gasteiger charge is 2.18. The van der Waals surface area contributed by atoms with Crippen molar-refractivity contribution in [2.24, 2.45) is 0 Å². The van der Waals surface area contributed by atoms with Crippen molar-refractivity contribution in [1.29, 1.82) is 0 Å². The molecule has 0 amide bonds. The molecule has 0 saturated carbocycles. The second-order valence-corrected chi connectivity index (χ2v) is 4.59. The molecule has 3 rings (SSSR count). The number of carbonyl (C=O) groups excluding carboxylic acids is 2. The molecule has 0 atom stereocenters. The molecule has 2 aromatic carbocycles. The largest absolute Gasteiger partial charge is 0.464 e. The summed E-state index contributed by atoms with van der Waals surface area (Å²) in [4.78, 5) is 23.9. The highest BCUT2D eigenvalue weighted by molar-refractivity contribution is 6.04. The van der Waals surface area contributed by atoms with E-state index in [-0.39, 0.29) is 11.5 Å². The fourth-order valence-electron chi connectivity index (χ4n) is 2.13. The zero-order valence-electron chi connectivity index (χ0n) is 11.3. The molecule has 3 aromatic rings. The minimum absolute atomic E-state index is 0.172. The Balaban J connectivity index is 2.07. The van der Waals surface area contributed by atoms with Crippen molar-refractivity contribution in [3.63, 3.8) is 0 Å². The molecule has 0 spiro atoms. The molecule has 0 N–H and O–H groups in total. The Bertz CT molecular complexity index is 815. The smallest absolute Gasteiger partial charge is 0.343 e. The SMILES string of the molecule is CC(=O)c1ccc2occc2c1OC(=O)c1ccccc1. The van der Waals surface area contributed by atoms with Crippen LogP contribution in [-0.4, -0.2) is 11.8 Å². The molecule has 104 valence electrons. The van der Waals surface area contributed by atoms with Gasteiger partial charge in [-0.1, -0.05) is 18.2 Å². The summed E-state index contributed by atoms with van der Waals surface area (Å²) in [5.41, 5.74) is 1.34. The Morgan fingerprint density at radius 2 is 1.76 bits per heavy atom. The number of furan rings is 1. The first-order valence-corrected chi connectivity index (χ1v) is 6.45. The Morgan fingerprint density at radius 1 is 1.00 bits per heavy atom. The van der Waals surface area contributed by atoms with Crippen LogP contribution >= 0.6 is 0 Å². The highest BCUT2D eigenvalue weighted by atomic mass is 16.5. The van der Waals surface area contributed by atoms with E-state index >= 15 is 0 Å². The van der Waals surface area contributed by atoms with Gasteiger partial charge >= 0.3 is 5.97 Å². The Hall–Kier alpha value is -2.88. The zero-order chi connectivity index (χ0) is 14.8. The van der Waals surface area contributed by atoms with E-state index < -0.39 is 5.97 Å². The third kappa shape index (κ3) is 2.43. The number of hydrogen-bond donors (Lipinski definition) is 0. The summed E-state index contributed by atoms with van der Waals surface area (Å²) in [6, 6.07) is 13.6. The number of benzene rings is 2. The van der Waals surface area contributed by atoms with Crippen LogP contribution in [0.25, 0.3) is 11.0 Å². The van der Waals surface area contributed by atoms with Gasteiger partial charge in [-0.15, -0.1) is 0 Å². The molecule has 0 unspecified atom stereocenters. The summed E-state index contributed by atoms with van der Waals surface area (Å²) in [7, 11) is 0. The van der Waals surface area contributed by atoms with E-state index in [1.807, 2.05) is 6.07 Å². The molecule has 4 nitrogen and oxygen atoms in total. The van der Waals surface area contributed by atoms with E-state index in [1.54, 1.807) is 42.5 Å². The Morgan fingerprint density at radius 3 is 2.48 bits per heavy atom. The lowest BCUT2D eigenvalue weighted by Gasteiger charge is -2.09. The summed E-state index contributed by atoms with van der Waals surface area (Å²) in [6.45, 7) is 1.43. The third-order valence-electron chi connectivity index (χ3n) is 3.17. The molecule has 1 heterocycles. The van der Waals surface area contributed by atoms with Gasteiger partial charge in [0.1, 0.15) is 5.58 Å². The molecule has 21 heavy (non-hydrogen) atoms. The number of carbonyl (C=O) groups is 2. The van der Waals surface area contributed by atoms with Crippen molar-refractivity contribution in [2.45, 2.75) is 6.92 Å². The molecule has 0 aliphatic rings. The molecule has 0 radical (unpaired) electrons. The van der Waals surface area contributed by atoms with Gasteiger partial charge in [0.05, 0.1) is 22.8 Å². The number of hydrogen-bond acceptors (Lipinski definition) is 4. The first kappa shape index (κ1) is 13.1. The van der Waals surface area contributed by atoms with E-state index in [4.69, 9.17) is 9.15 Å². The van der Waals surface area contributed by atoms with Crippen molar-refractivity contribution in [3.8, 4) is 5.75 Å². The first-order valence-electron chi connectivity index (χ1n) is 6.45. The van der Waals surface area contributed by atoms with Gasteiger partial charge in [-0.2, -0.15) is 0 Å². The molecule has 0 aliphatic carbocycles. The van der Waals surface area contributed by atoms with Crippen molar-refractivity contribution in [3.05, 3.63) is 65.9 Å². The zero-order valence-corrected chi connectivity index (χ0v) is 11.3. The summed E-state index contributed by atoms with van der Waals surface area (Å²) in [5, 5.41) is 0.604. The summed E-state index contributed by atoms with van der Waals surface area (Å²) in [6.07, 6.45) is 1.49. The first-order chi connectivity index (χ1) is 10.2. The monoisotopic (exact) mass is 280 g/mol. The molecule has 1 aromatic heterocycles. The normalized spacial score (nSPS) is 10.5. The van der Waals surface area contributed by atoms with Crippen molar-refractivity contribution < 1.29 is 18.7 Å². The highest BCUT2D eigenvalue weighted by Crippen LogP contribution is 2.31. The van der Waals surface area contributed by atoms with Gasteiger partial charge < -0.3 is 9.15 Å². The molecular formula is C17H12O4. The number of fused-ring (bicyclic) bond motifs is 1. The molecule has 0 bridgehead atoms.